The number of nitrogens with zero attached hydrogens (tertiary/aromatic N) is 4. The highest BCUT2D eigenvalue weighted by Gasteiger charge is 2.18. The predicted molar refractivity (Wildman–Crippen MR) is 59.4 cm³/mol. The van der Waals surface area contributed by atoms with Crippen molar-refractivity contribution in [1.82, 2.24) is 9.97 Å². The Balaban J connectivity index is 2.96. The number of nitrogens with one attached hydrogen (secondary N) is 1. The largest absolute Gasteiger partial charge is 0.355 e. The Morgan fingerprint density at radius 1 is 1.40 bits per heavy atom. The van der Waals surface area contributed by atoms with Crippen LogP contribution in [0.2, 0.25) is 0 Å². The third-order valence-electron chi connectivity index (χ3n) is 2.19. The summed E-state index contributed by atoms with van der Waals surface area (Å²) in [5, 5.41) is 11.0. The summed E-state index contributed by atoms with van der Waals surface area (Å²) in [6.45, 7) is 6.27. The fraction of sp³-hybridized carbons (Fsp3) is 0.500. The summed E-state index contributed by atoms with van der Waals surface area (Å²) in [6, 6.07) is 1.74. The molecule has 0 atom stereocenters. The van der Waals surface area contributed by atoms with E-state index in [1.807, 2.05) is 18.1 Å². The van der Waals surface area contributed by atoms with Crippen LogP contribution in [0.4, 0.5) is 11.6 Å². The first kappa shape index (κ1) is 11.2. The van der Waals surface area contributed by atoms with Crippen molar-refractivity contribution in [3.8, 4) is 6.19 Å². The van der Waals surface area contributed by atoms with E-state index < -0.39 is 0 Å². The smallest absolute Gasteiger partial charge is 0.182 e. The van der Waals surface area contributed by atoms with Gasteiger partial charge in [0.2, 0.25) is 0 Å². The molecule has 0 unspecified atom stereocenters. The highest BCUT2D eigenvalue weighted by molar-refractivity contribution is 5.50. The van der Waals surface area contributed by atoms with Crippen LogP contribution in [0.3, 0.4) is 0 Å². The molecule has 1 N–H and O–H groups in total. The van der Waals surface area contributed by atoms with Crippen molar-refractivity contribution < 1.29 is 0 Å². The van der Waals surface area contributed by atoms with E-state index in [1.165, 1.54) is 6.33 Å². The summed E-state index contributed by atoms with van der Waals surface area (Å²) in [6.07, 6.45) is 3.27. The topological polar surface area (TPSA) is 64.8 Å². The fourth-order valence-corrected chi connectivity index (χ4v) is 1.000. The number of hydrogen-bond acceptors (Lipinski definition) is 5. The van der Waals surface area contributed by atoms with Crippen molar-refractivity contribution in [1.29, 1.82) is 5.26 Å². The van der Waals surface area contributed by atoms with E-state index in [0.717, 1.165) is 5.82 Å². The van der Waals surface area contributed by atoms with Crippen LogP contribution in [0.15, 0.2) is 12.4 Å². The highest BCUT2D eigenvalue weighted by Crippen LogP contribution is 2.20. The Labute approximate surface area is 89.8 Å². The zero-order valence-corrected chi connectivity index (χ0v) is 9.44. The monoisotopic (exact) mass is 205 g/mol. The van der Waals surface area contributed by atoms with E-state index in [-0.39, 0.29) is 5.54 Å². The molecular weight excluding hydrogens is 190 g/mol. The van der Waals surface area contributed by atoms with Crippen LogP contribution in [-0.2, 0) is 0 Å². The van der Waals surface area contributed by atoms with Crippen molar-refractivity contribution in [3.63, 3.8) is 0 Å². The van der Waals surface area contributed by atoms with Crippen molar-refractivity contribution in [2.45, 2.75) is 26.3 Å². The van der Waals surface area contributed by atoms with Gasteiger partial charge in [0.1, 0.15) is 18.0 Å². The van der Waals surface area contributed by atoms with E-state index in [4.69, 9.17) is 5.26 Å². The van der Waals surface area contributed by atoms with Gasteiger partial charge >= 0.3 is 0 Å². The van der Waals surface area contributed by atoms with Crippen molar-refractivity contribution in [2.75, 3.05) is 17.3 Å². The van der Waals surface area contributed by atoms with Gasteiger partial charge in [-0.3, -0.25) is 5.32 Å². The van der Waals surface area contributed by atoms with Gasteiger partial charge in [-0.05, 0) is 20.8 Å². The molecule has 0 saturated carbocycles. The van der Waals surface area contributed by atoms with Gasteiger partial charge in [-0.15, -0.1) is 0 Å². The molecule has 0 amide bonds. The molecule has 0 bridgehead atoms. The molecule has 0 aliphatic carbocycles. The van der Waals surface area contributed by atoms with Gasteiger partial charge < -0.3 is 4.90 Å². The zero-order valence-electron chi connectivity index (χ0n) is 9.44. The lowest BCUT2D eigenvalue weighted by Gasteiger charge is -2.32. The molecule has 0 spiro atoms. The van der Waals surface area contributed by atoms with Gasteiger partial charge in [0.25, 0.3) is 0 Å². The highest BCUT2D eigenvalue weighted by atomic mass is 15.2. The summed E-state index contributed by atoms with van der Waals surface area (Å²) in [7, 11) is 1.96. The van der Waals surface area contributed by atoms with Crippen LogP contribution in [0.25, 0.3) is 0 Å². The Kier molecular flexibility index (Phi) is 3.10. The molecule has 5 nitrogen and oxygen atoms in total. The molecule has 1 heterocycles. The molecule has 0 saturated heterocycles. The maximum absolute atomic E-state index is 8.47. The van der Waals surface area contributed by atoms with E-state index in [2.05, 4.69) is 36.1 Å². The number of nitriles is 1. The van der Waals surface area contributed by atoms with E-state index in [0.29, 0.717) is 5.82 Å². The summed E-state index contributed by atoms with van der Waals surface area (Å²) in [5.74, 6) is 1.30. The van der Waals surface area contributed by atoms with Crippen molar-refractivity contribution in [2.24, 2.45) is 0 Å². The normalized spacial score (nSPS) is 10.6. The number of aromatic nitrogens is 2. The molecule has 0 radical (unpaired) electrons. The maximum atomic E-state index is 8.47. The lowest BCUT2D eigenvalue weighted by Crippen LogP contribution is -2.38. The van der Waals surface area contributed by atoms with Gasteiger partial charge in [0.15, 0.2) is 6.19 Å². The molecule has 1 aromatic heterocycles. The Morgan fingerprint density at radius 2 is 2.07 bits per heavy atom. The Hall–Kier alpha value is -1.83. The third kappa shape index (κ3) is 2.81. The standard InChI is InChI=1S/C10H15N5/c1-10(2,3)15(4)9-5-8(12-6-11)13-7-14-9/h5,7H,1-4H3,(H,12,13,14). The second kappa shape index (κ2) is 4.13. The first-order chi connectivity index (χ1) is 6.95. The summed E-state index contributed by atoms with van der Waals surface area (Å²) < 4.78 is 0. The lowest BCUT2D eigenvalue weighted by atomic mass is 10.1. The summed E-state index contributed by atoms with van der Waals surface area (Å²) in [4.78, 5) is 10.1. The zero-order chi connectivity index (χ0) is 11.5. The SMILES string of the molecule is CN(c1cc(NC#N)ncn1)C(C)(C)C. The maximum Gasteiger partial charge on any atom is 0.182 e. The third-order valence-corrected chi connectivity index (χ3v) is 2.19. The van der Waals surface area contributed by atoms with Crippen molar-refractivity contribution in [3.05, 3.63) is 12.4 Å². The lowest BCUT2D eigenvalue weighted by molar-refractivity contribution is 0.533. The van der Waals surface area contributed by atoms with Crippen LogP contribution in [0.1, 0.15) is 20.8 Å². The second-order valence-corrected chi connectivity index (χ2v) is 4.23. The van der Waals surface area contributed by atoms with Crippen molar-refractivity contribution >= 4 is 11.6 Å². The Bertz CT molecular complexity index is 374. The van der Waals surface area contributed by atoms with Gasteiger partial charge in [-0.2, -0.15) is 5.26 Å². The van der Waals surface area contributed by atoms with Gasteiger partial charge in [0, 0.05) is 18.7 Å². The van der Waals surface area contributed by atoms with Crippen LogP contribution in [0, 0.1) is 11.5 Å². The van der Waals surface area contributed by atoms with Crippen LogP contribution in [-0.4, -0.2) is 22.6 Å². The van der Waals surface area contributed by atoms with E-state index in [1.54, 1.807) is 6.07 Å². The quantitative estimate of drug-likeness (QED) is 0.587. The number of anilines is 2. The number of rotatable bonds is 2. The minimum Gasteiger partial charge on any atom is -0.355 e. The molecule has 0 aliphatic heterocycles. The van der Waals surface area contributed by atoms with Crippen LogP contribution < -0.4 is 10.2 Å². The molecule has 15 heavy (non-hydrogen) atoms. The molecule has 0 aromatic carbocycles. The van der Waals surface area contributed by atoms with E-state index >= 15 is 0 Å². The average molecular weight is 205 g/mol. The van der Waals surface area contributed by atoms with E-state index in [9.17, 15) is 0 Å². The molecular formula is C10H15N5. The molecule has 0 fully saturated rings. The van der Waals surface area contributed by atoms with Gasteiger partial charge in [-0.1, -0.05) is 0 Å². The molecule has 5 heteroatoms. The molecule has 0 aliphatic rings. The minimum absolute atomic E-state index is 0.0156. The predicted octanol–water partition coefficient (Wildman–Crippen LogP) is 1.60. The number of hydrogen-bond donors (Lipinski definition) is 1. The van der Waals surface area contributed by atoms with Crippen LogP contribution in [0.5, 0.6) is 0 Å². The fourth-order valence-electron chi connectivity index (χ4n) is 1.000. The minimum atomic E-state index is -0.0156. The summed E-state index contributed by atoms with van der Waals surface area (Å²) >= 11 is 0. The molecule has 1 rings (SSSR count). The second-order valence-electron chi connectivity index (χ2n) is 4.23. The Morgan fingerprint density at radius 3 is 2.60 bits per heavy atom. The first-order valence-corrected chi connectivity index (χ1v) is 4.66. The first-order valence-electron chi connectivity index (χ1n) is 4.66. The van der Waals surface area contributed by atoms with Gasteiger partial charge in [0.05, 0.1) is 0 Å². The van der Waals surface area contributed by atoms with Gasteiger partial charge in [-0.25, -0.2) is 9.97 Å². The summed E-state index contributed by atoms with van der Waals surface area (Å²) in [5.41, 5.74) is -0.0156. The molecule has 1 aromatic rings. The molecule has 80 valence electrons. The van der Waals surface area contributed by atoms with Crippen LogP contribution >= 0.6 is 0 Å². The average Bonchev–Trinajstić information content (AvgIpc) is 2.16.